The Morgan fingerprint density at radius 1 is 1.25 bits per heavy atom. The fourth-order valence-electron chi connectivity index (χ4n) is 2.17. The molecule has 1 atom stereocenters. The van der Waals surface area contributed by atoms with Gasteiger partial charge in [0.15, 0.2) is 0 Å². The minimum absolute atomic E-state index is 0.174. The van der Waals surface area contributed by atoms with Crippen LogP contribution < -0.4 is 5.32 Å². The van der Waals surface area contributed by atoms with Crippen molar-refractivity contribution in [2.45, 2.75) is 46.7 Å². The molecule has 2 aromatic heterocycles. The van der Waals surface area contributed by atoms with Gasteiger partial charge < -0.3 is 4.42 Å². The molecule has 0 saturated carbocycles. The molecule has 0 aliphatic rings. The Balaban J connectivity index is 2.08. The van der Waals surface area contributed by atoms with Gasteiger partial charge in [0.25, 0.3) is 0 Å². The van der Waals surface area contributed by atoms with Crippen molar-refractivity contribution in [3.05, 3.63) is 41.4 Å². The van der Waals surface area contributed by atoms with Crippen LogP contribution in [0.2, 0.25) is 0 Å². The number of pyridine rings is 1. The molecule has 20 heavy (non-hydrogen) atoms. The predicted octanol–water partition coefficient (Wildman–Crippen LogP) is 2.82. The molecule has 1 unspecified atom stereocenters. The lowest BCUT2D eigenvalue weighted by Crippen LogP contribution is -2.27. The van der Waals surface area contributed by atoms with E-state index < -0.39 is 0 Å². The molecule has 5 heteroatoms. The van der Waals surface area contributed by atoms with E-state index in [4.69, 9.17) is 4.42 Å². The van der Waals surface area contributed by atoms with Crippen LogP contribution in [0.25, 0.3) is 0 Å². The molecule has 0 bridgehead atoms. The largest absolute Gasteiger partial charge is 0.424 e. The van der Waals surface area contributed by atoms with Gasteiger partial charge in [-0.15, -0.1) is 10.2 Å². The van der Waals surface area contributed by atoms with E-state index in [-0.39, 0.29) is 6.04 Å². The summed E-state index contributed by atoms with van der Waals surface area (Å²) in [7, 11) is 0. The van der Waals surface area contributed by atoms with E-state index in [1.807, 2.05) is 19.2 Å². The molecule has 0 fully saturated rings. The van der Waals surface area contributed by atoms with Gasteiger partial charge in [-0.2, -0.15) is 0 Å². The maximum atomic E-state index is 5.52. The highest BCUT2D eigenvalue weighted by Crippen LogP contribution is 2.22. The monoisotopic (exact) mass is 274 g/mol. The second kappa shape index (κ2) is 6.61. The van der Waals surface area contributed by atoms with Crippen molar-refractivity contribution in [3.63, 3.8) is 0 Å². The van der Waals surface area contributed by atoms with Gasteiger partial charge in [0, 0.05) is 12.6 Å². The third-order valence-corrected chi connectivity index (χ3v) is 3.30. The first kappa shape index (κ1) is 14.7. The average molecular weight is 274 g/mol. The van der Waals surface area contributed by atoms with Gasteiger partial charge in [0.1, 0.15) is 0 Å². The first-order valence-corrected chi connectivity index (χ1v) is 7.08. The summed E-state index contributed by atoms with van der Waals surface area (Å²) in [6.45, 7) is 9.00. The van der Waals surface area contributed by atoms with Crippen LogP contribution in [-0.4, -0.2) is 15.2 Å². The first-order chi connectivity index (χ1) is 9.61. The molecular weight excluding hydrogens is 252 g/mol. The molecule has 0 aliphatic carbocycles. The van der Waals surface area contributed by atoms with Crippen molar-refractivity contribution in [2.24, 2.45) is 5.92 Å². The number of hydrogen-bond acceptors (Lipinski definition) is 5. The molecule has 108 valence electrons. The van der Waals surface area contributed by atoms with Crippen LogP contribution in [0, 0.1) is 12.8 Å². The Labute approximate surface area is 119 Å². The maximum absolute atomic E-state index is 5.52. The van der Waals surface area contributed by atoms with E-state index in [2.05, 4.69) is 47.3 Å². The molecule has 5 nitrogen and oxygen atoms in total. The van der Waals surface area contributed by atoms with Crippen LogP contribution in [0.1, 0.15) is 49.9 Å². The molecule has 0 amide bonds. The van der Waals surface area contributed by atoms with Gasteiger partial charge in [-0.3, -0.25) is 10.3 Å². The van der Waals surface area contributed by atoms with Gasteiger partial charge in [-0.25, -0.2) is 0 Å². The van der Waals surface area contributed by atoms with Crippen LogP contribution >= 0.6 is 0 Å². The van der Waals surface area contributed by atoms with E-state index in [1.165, 1.54) is 5.56 Å². The average Bonchev–Trinajstić information content (AvgIpc) is 2.88. The SMILES string of the molecule is CCc1nnc(CNC(c2ncccc2C)C(C)C)o1. The van der Waals surface area contributed by atoms with Gasteiger partial charge in [0.2, 0.25) is 11.8 Å². The summed E-state index contributed by atoms with van der Waals surface area (Å²) in [6, 6.07) is 4.22. The molecule has 0 aliphatic heterocycles. The van der Waals surface area contributed by atoms with E-state index in [1.54, 1.807) is 0 Å². The zero-order chi connectivity index (χ0) is 14.5. The molecule has 1 N–H and O–H groups in total. The molecular formula is C15H22N4O. The second-order valence-electron chi connectivity index (χ2n) is 5.25. The molecule has 2 aromatic rings. The van der Waals surface area contributed by atoms with Gasteiger partial charge in [0.05, 0.1) is 18.3 Å². The van der Waals surface area contributed by atoms with Crippen molar-refractivity contribution in [3.8, 4) is 0 Å². The van der Waals surface area contributed by atoms with E-state index in [9.17, 15) is 0 Å². The molecule has 0 radical (unpaired) electrons. The number of hydrogen-bond donors (Lipinski definition) is 1. The van der Waals surface area contributed by atoms with Crippen LogP contribution in [-0.2, 0) is 13.0 Å². The maximum Gasteiger partial charge on any atom is 0.230 e. The zero-order valence-corrected chi connectivity index (χ0v) is 12.6. The lowest BCUT2D eigenvalue weighted by atomic mass is 9.97. The van der Waals surface area contributed by atoms with Gasteiger partial charge in [-0.05, 0) is 24.5 Å². The van der Waals surface area contributed by atoms with Gasteiger partial charge in [-0.1, -0.05) is 26.8 Å². The lowest BCUT2D eigenvalue weighted by molar-refractivity contribution is 0.364. The normalized spacial score (nSPS) is 12.8. The number of rotatable bonds is 6. The van der Waals surface area contributed by atoms with Crippen molar-refractivity contribution >= 4 is 0 Å². The lowest BCUT2D eigenvalue weighted by Gasteiger charge is -2.22. The summed E-state index contributed by atoms with van der Waals surface area (Å²) in [4.78, 5) is 4.50. The van der Waals surface area contributed by atoms with Gasteiger partial charge >= 0.3 is 0 Å². The second-order valence-corrected chi connectivity index (χ2v) is 5.25. The zero-order valence-electron chi connectivity index (χ0n) is 12.6. The summed E-state index contributed by atoms with van der Waals surface area (Å²) < 4.78 is 5.52. The van der Waals surface area contributed by atoms with Crippen molar-refractivity contribution < 1.29 is 4.42 Å². The Hall–Kier alpha value is -1.75. The van der Waals surface area contributed by atoms with Crippen LogP contribution in [0.4, 0.5) is 0 Å². The first-order valence-electron chi connectivity index (χ1n) is 7.08. The Morgan fingerprint density at radius 3 is 2.60 bits per heavy atom. The fourth-order valence-corrected chi connectivity index (χ4v) is 2.17. The fraction of sp³-hybridized carbons (Fsp3) is 0.533. The Kier molecular flexibility index (Phi) is 4.84. The van der Waals surface area contributed by atoms with Crippen LogP contribution in [0.5, 0.6) is 0 Å². The topological polar surface area (TPSA) is 63.8 Å². The van der Waals surface area contributed by atoms with Crippen molar-refractivity contribution in [2.75, 3.05) is 0 Å². The highest BCUT2D eigenvalue weighted by molar-refractivity contribution is 5.21. The predicted molar refractivity (Wildman–Crippen MR) is 77.1 cm³/mol. The van der Waals surface area contributed by atoms with E-state index in [0.717, 1.165) is 12.1 Å². The molecule has 0 saturated heterocycles. The molecule has 0 spiro atoms. The summed E-state index contributed by atoms with van der Waals surface area (Å²) in [5.74, 6) is 1.73. The number of nitrogens with one attached hydrogen (secondary N) is 1. The minimum atomic E-state index is 0.174. The Morgan fingerprint density at radius 2 is 2.00 bits per heavy atom. The summed E-state index contributed by atoms with van der Waals surface area (Å²) in [5.41, 5.74) is 2.27. The number of aryl methyl sites for hydroxylation is 2. The highest BCUT2D eigenvalue weighted by atomic mass is 16.4. The standard InChI is InChI=1S/C15H22N4O/c1-5-12-18-19-13(20-12)9-17-14(10(2)3)15-11(4)7-6-8-16-15/h6-8,10,14,17H,5,9H2,1-4H3. The highest BCUT2D eigenvalue weighted by Gasteiger charge is 2.19. The number of aromatic nitrogens is 3. The third-order valence-electron chi connectivity index (χ3n) is 3.30. The van der Waals surface area contributed by atoms with Crippen molar-refractivity contribution in [1.29, 1.82) is 0 Å². The molecule has 0 aromatic carbocycles. The number of nitrogens with zero attached hydrogens (tertiary/aromatic N) is 3. The van der Waals surface area contributed by atoms with E-state index >= 15 is 0 Å². The smallest absolute Gasteiger partial charge is 0.230 e. The van der Waals surface area contributed by atoms with Crippen molar-refractivity contribution in [1.82, 2.24) is 20.5 Å². The van der Waals surface area contributed by atoms with Crippen LogP contribution in [0.3, 0.4) is 0 Å². The minimum Gasteiger partial charge on any atom is -0.424 e. The quantitative estimate of drug-likeness (QED) is 0.877. The third kappa shape index (κ3) is 3.42. The summed E-state index contributed by atoms with van der Waals surface area (Å²) in [5, 5.41) is 11.5. The molecule has 2 heterocycles. The summed E-state index contributed by atoms with van der Waals surface area (Å²) in [6.07, 6.45) is 2.60. The van der Waals surface area contributed by atoms with E-state index in [0.29, 0.717) is 24.2 Å². The summed E-state index contributed by atoms with van der Waals surface area (Å²) >= 11 is 0. The Bertz CT molecular complexity index is 550. The molecule has 2 rings (SSSR count). The van der Waals surface area contributed by atoms with Crippen LogP contribution in [0.15, 0.2) is 22.7 Å².